The first kappa shape index (κ1) is 16.4. The Bertz CT molecular complexity index is 850. The SMILES string of the molecule is CSc1ccc(C(=O)N2CCN(c3nc4ccccc4s3)CC2)cc1. The van der Waals surface area contributed by atoms with Crippen LogP contribution in [0.3, 0.4) is 0 Å². The molecule has 0 bridgehead atoms. The lowest BCUT2D eigenvalue weighted by molar-refractivity contribution is 0.0746. The average molecular weight is 370 g/mol. The number of benzene rings is 2. The van der Waals surface area contributed by atoms with E-state index in [-0.39, 0.29) is 5.91 Å². The Morgan fingerprint density at radius 3 is 2.44 bits per heavy atom. The molecule has 3 aromatic rings. The predicted molar refractivity (Wildman–Crippen MR) is 106 cm³/mol. The number of rotatable bonds is 3. The van der Waals surface area contributed by atoms with Crippen molar-refractivity contribution < 1.29 is 4.79 Å². The monoisotopic (exact) mass is 369 g/mol. The molecular weight excluding hydrogens is 350 g/mol. The van der Waals surface area contributed by atoms with Crippen molar-refractivity contribution in [3.8, 4) is 0 Å². The smallest absolute Gasteiger partial charge is 0.253 e. The van der Waals surface area contributed by atoms with E-state index in [2.05, 4.69) is 11.0 Å². The lowest BCUT2D eigenvalue weighted by Crippen LogP contribution is -2.48. The second-order valence-electron chi connectivity index (χ2n) is 5.97. The molecule has 6 heteroatoms. The van der Waals surface area contributed by atoms with Gasteiger partial charge in [-0.25, -0.2) is 4.98 Å². The molecule has 128 valence electrons. The highest BCUT2D eigenvalue weighted by molar-refractivity contribution is 7.98. The van der Waals surface area contributed by atoms with Crippen LogP contribution in [0.1, 0.15) is 10.4 Å². The van der Waals surface area contributed by atoms with Gasteiger partial charge in [0.15, 0.2) is 5.13 Å². The highest BCUT2D eigenvalue weighted by Crippen LogP contribution is 2.29. The molecule has 1 aromatic heterocycles. The summed E-state index contributed by atoms with van der Waals surface area (Å²) in [6, 6.07) is 16.1. The van der Waals surface area contributed by atoms with Gasteiger partial charge in [-0.3, -0.25) is 4.79 Å². The van der Waals surface area contributed by atoms with Crippen LogP contribution in [-0.4, -0.2) is 48.2 Å². The molecule has 0 unspecified atom stereocenters. The minimum atomic E-state index is 0.122. The molecular formula is C19H19N3OS2. The summed E-state index contributed by atoms with van der Waals surface area (Å²) >= 11 is 3.41. The number of carbonyl (C=O) groups excluding carboxylic acids is 1. The van der Waals surface area contributed by atoms with E-state index in [1.807, 2.05) is 53.6 Å². The predicted octanol–water partition coefficient (Wildman–Crippen LogP) is 3.98. The minimum absolute atomic E-state index is 0.122. The van der Waals surface area contributed by atoms with Crippen LogP contribution in [-0.2, 0) is 0 Å². The van der Waals surface area contributed by atoms with Crippen LogP contribution >= 0.6 is 23.1 Å². The largest absolute Gasteiger partial charge is 0.345 e. The van der Waals surface area contributed by atoms with Gasteiger partial charge in [0, 0.05) is 36.6 Å². The van der Waals surface area contributed by atoms with Crippen molar-refractivity contribution in [2.75, 3.05) is 37.3 Å². The Hall–Kier alpha value is -2.05. The zero-order valence-corrected chi connectivity index (χ0v) is 15.6. The third-order valence-electron chi connectivity index (χ3n) is 4.46. The minimum Gasteiger partial charge on any atom is -0.345 e. The van der Waals surface area contributed by atoms with Crippen molar-refractivity contribution >= 4 is 44.4 Å². The van der Waals surface area contributed by atoms with Gasteiger partial charge in [-0.1, -0.05) is 23.5 Å². The molecule has 2 heterocycles. The molecule has 0 N–H and O–H groups in total. The fourth-order valence-corrected chi connectivity index (χ4v) is 4.44. The number of hydrogen-bond acceptors (Lipinski definition) is 5. The molecule has 0 saturated carbocycles. The van der Waals surface area contributed by atoms with Crippen LogP contribution in [0.2, 0.25) is 0 Å². The molecule has 1 fully saturated rings. The summed E-state index contributed by atoms with van der Waals surface area (Å²) in [5.74, 6) is 0.122. The molecule has 0 aliphatic carbocycles. The van der Waals surface area contributed by atoms with Crippen LogP contribution in [0.15, 0.2) is 53.4 Å². The Morgan fingerprint density at radius 1 is 1.04 bits per heavy atom. The molecule has 0 radical (unpaired) electrons. The van der Waals surface area contributed by atoms with Crippen molar-refractivity contribution in [2.45, 2.75) is 4.90 Å². The molecule has 25 heavy (non-hydrogen) atoms. The van der Waals surface area contributed by atoms with E-state index in [1.54, 1.807) is 23.1 Å². The Morgan fingerprint density at radius 2 is 1.76 bits per heavy atom. The summed E-state index contributed by atoms with van der Waals surface area (Å²) in [4.78, 5) is 22.8. The molecule has 1 amide bonds. The summed E-state index contributed by atoms with van der Waals surface area (Å²) in [5, 5.41) is 1.05. The van der Waals surface area contributed by atoms with Crippen LogP contribution in [0.25, 0.3) is 10.2 Å². The average Bonchev–Trinajstić information content (AvgIpc) is 3.12. The van der Waals surface area contributed by atoms with Crippen molar-refractivity contribution in [3.05, 3.63) is 54.1 Å². The number of fused-ring (bicyclic) bond motifs is 1. The molecule has 4 rings (SSSR count). The zero-order chi connectivity index (χ0) is 17.2. The first-order valence-corrected chi connectivity index (χ1v) is 10.3. The molecule has 0 spiro atoms. The number of hydrogen-bond donors (Lipinski definition) is 0. The summed E-state index contributed by atoms with van der Waals surface area (Å²) in [7, 11) is 0. The van der Waals surface area contributed by atoms with Crippen LogP contribution in [0, 0.1) is 0 Å². The number of anilines is 1. The molecule has 1 aliphatic heterocycles. The van der Waals surface area contributed by atoms with E-state index < -0.39 is 0 Å². The number of aromatic nitrogens is 1. The van der Waals surface area contributed by atoms with Crippen molar-refractivity contribution in [1.29, 1.82) is 0 Å². The summed E-state index contributed by atoms with van der Waals surface area (Å²) in [6.45, 7) is 3.13. The number of carbonyl (C=O) groups is 1. The number of nitrogens with zero attached hydrogens (tertiary/aromatic N) is 3. The first-order valence-electron chi connectivity index (χ1n) is 8.28. The Balaban J connectivity index is 1.42. The normalized spacial score (nSPS) is 14.9. The lowest BCUT2D eigenvalue weighted by Gasteiger charge is -2.34. The van der Waals surface area contributed by atoms with Gasteiger partial charge in [-0.05, 0) is 42.7 Å². The third kappa shape index (κ3) is 3.37. The summed E-state index contributed by atoms with van der Waals surface area (Å²) < 4.78 is 1.21. The maximum atomic E-state index is 12.7. The third-order valence-corrected chi connectivity index (χ3v) is 6.30. The van der Waals surface area contributed by atoms with Crippen LogP contribution < -0.4 is 4.90 Å². The number of amides is 1. The molecule has 0 atom stereocenters. The van der Waals surface area contributed by atoms with Gasteiger partial charge in [0.2, 0.25) is 0 Å². The second-order valence-corrected chi connectivity index (χ2v) is 7.86. The van der Waals surface area contributed by atoms with Gasteiger partial charge in [0.25, 0.3) is 5.91 Å². The fourth-order valence-electron chi connectivity index (χ4n) is 3.01. The van der Waals surface area contributed by atoms with E-state index in [0.717, 1.165) is 42.4 Å². The Labute approximate surface area is 155 Å². The van der Waals surface area contributed by atoms with E-state index in [9.17, 15) is 4.79 Å². The standard InChI is InChI=1S/C19H19N3OS2/c1-24-15-8-6-14(7-9-15)18(23)21-10-12-22(13-11-21)19-20-16-4-2-3-5-17(16)25-19/h2-9H,10-13H2,1H3. The van der Waals surface area contributed by atoms with Gasteiger partial charge in [-0.2, -0.15) is 0 Å². The maximum Gasteiger partial charge on any atom is 0.253 e. The van der Waals surface area contributed by atoms with Gasteiger partial charge < -0.3 is 9.80 Å². The fraction of sp³-hybridized carbons (Fsp3) is 0.263. The van der Waals surface area contributed by atoms with Gasteiger partial charge in [0.05, 0.1) is 10.2 Å². The van der Waals surface area contributed by atoms with E-state index in [4.69, 9.17) is 4.98 Å². The highest BCUT2D eigenvalue weighted by atomic mass is 32.2. The van der Waals surface area contributed by atoms with Crippen molar-refractivity contribution in [2.24, 2.45) is 0 Å². The van der Waals surface area contributed by atoms with Crippen LogP contribution in [0.5, 0.6) is 0 Å². The van der Waals surface area contributed by atoms with E-state index in [0.29, 0.717) is 0 Å². The van der Waals surface area contributed by atoms with Gasteiger partial charge in [0.1, 0.15) is 0 Å². The highest BCUT2D eigenvalue weighted by Gasteiger charge is 2.23. The summed E-state index contributed by atoms with van der Waals surface area (Å²) in [5.41, 5.74) is 1.82. The summed E-state index contributed by atoms with van der Waals surface area (Å²) in [6.07, 6.45) is 2.04. The quantitative estimate of drug-likeness (QED) is 0.655. The lowest BCUT2D eigenvalue weighted by atomic mass is 10.2. The molecule has 2 aromatic carbocycles. The zero-order valence-electron chi connectivity index (χ0n) is 14.0. The van der Waals surface area contributed by atoms with Gasteiger partial charge in [-0.15, -0.1) is 11.8 Å². The second kappa shape index (κ2) is 7.06. The molecule has 1 saturated heterocycles. The molecule has 1 aliphatic rings. The van der Waals surface area contributed by atoms with Crippen molar-refractivity contribution in [1.82, 2.24) is 9.88 Å². The first-order chi connectivity index (χ1) is 12.2. The van der Waals surface area contributed by atoms with Crippen molar-refractivity contribution in [3.63, 3.8) is 0 Å². The maximum absolute atomic E-state index is 12.7. The van der Waals surface area contributed by atoms with Gasteiger partial charge >= 0.3 is 0 Å². The number of thioether (sulfide) groups is 1. The van der Waals surface area contributed by atoms with Crippen LogP contribution in [0.4, 0.5) is 5.13 Å². The molecule has 4 nitrogen and oxygen atoms in total. The number of para-hydroxylation sites is 1. The number of thiazole rings is 1. The Kier molecular flexibility index (Phi) is 4.63. The van der Waals surface area contributed by atoms with E-state index in [1.165, 1.54) is 9.60 Å². The topological polar surface area (TPSA) is 36.4 Å². The number of piperazine rings is 1. The van der Waals surface area contributed by atoms with E-state index >= 15 is 0 Å².